The van der Waals surface area contributed by atoms with Crippen LogP contribution in [0.3, 0.4) is 0 Å². The predicted octanol–water partition coefficient (Wildman–Crippen LogP) is 0.763. The molecule has 0 fully saturated rings. The lowest BCUT2D eigenvalue weighted by Crippen LogP contribution is -2.15. The maximum atomic E-state index is 10.3. The Morgan fingerprint density at radius 1 is 1.82 bits per heavy atom. The summed E-state index contributed by atoms with van der Waals surface area (Å²) in [5.74, 6) is -1.58. The number of aliphatic carboxylic acids is 1. The summed E-state index contributed by atoms with van der Waals surface area (Å²) in [6.45, 7) is 0.553. The number of methoxy groups -OCH3 is 1. The lowest BCUT2D eigenvalue weighted by Gasteiger charge is -2.04. The molecule has 0 aromatic carbocycles. The molecule has 0 aromatic heterocycles. The Morgan fingerprint density at radius 3 is 2.82 bits per heavy atom. The second-order valence-corrected chi connectivity index (χ2v) is 2.25. The van der Waals surface area contributed by atoms with Gasteiger partial charge in [-0.05, 0) is 12.8 Å². The van der Waals surface area contributed by atoms with E-state index in [4.69, 9.17) is 15.3 Å². The van der Waals surface area contributed by atoms with Crippen LogP contribution in [0, 0.1) is 11.3 Å². The first-order chi connectivity index (χ1) is 5.22. The van der Waals surface area contributed by atoms with Gasteiger partial charge in [0, 0.05) is 19.9 Å². The summed E-state index contributed by atoms with van der Waals surface area (Å²) in [4.78, 5) is 10.3. The van der Waals surface area contributed by atoms with Gasteiger partial charge in [-0.1, -0.05) is 0 Å². The van der Waals surface area contributed by atoms with Gasteiger partial charge in [-0.15, -0.1) is 0 Å². The minimum atomic E-state index is -0.934. The number of nitrogens with one attached hydrogen (secondary N) is 1. The van der Waals surface area contributed by atoms with Crippen molar-refractivity contribution in [1.29, 1.82) is 5.41 Å². The molecule has 0 aliphatic carbocycles. The van der Waals surface area contributed by atoms with Crippen LogP contribution in [0.15, 0.2) is 0 Å². The number of ether oxygens (including phenoxy) is 1. The maximum Gasteiger partial charge on any atom is 0.311 e. The normalized spacial score (nSPS) is 12.5. The van der Waals surface area contributed by atoms with E-state index in [0.717, 1.165) is 6.21 Å². The van der Waals surface area contributed by atoms with E-state index in [1.807, 2.05) is 0 Å². The van der Waals surface area contributed by atoms with Crippen LogP contribution in [-0.4, -0.2) is 31.0 Å². The molecule has 1 atom stereocenters. The van der Waals surface area contributed by atoms with Gasteiger partial charge in [0.15, 0.2) is 0 Å². The van der Waals surface area contributed by atoms with E-state index in [2.05, 4.69) is 0 Å². The lowest BCUT2D eigenvalue weighted by atomic mass is 10.1. The van der Waals surface area contributed by atoms with Crippen LogP contribution in [0.25, 0.3) is 0 Å². The van der Waals surface area contributed by atoms with Crippen molar-refractivity contribution in [3.05, 3.63) is 0 Å². The first-order valence-corrected chi connectivity index (χ1v) is 3.44. The van der Waals surface area contributed by atoms with E-state index in [0.29, 0.717) is 19.4 Å². The molecule has 64 valence electrons. The second kappa shape index (κ2) is 5.85. The molecule has 0 amide bonds. The van der Waals surface area contributed by atoms with Gasteiger partial charge in [-0.25, -0.2) is 0 Å². The Hall–Kier alpha value is -0.900. The van der Waals surface area contributed by atoms with Crippen molar-refractivity contribution in [1.82, 2.24) is 0 Å². The van der Waals surface area contributed by atoms with Crippen LogP contribution >= 0.6 is 0 Å². The molecule has 1 unspecified atom stereocenters. The van der Waals surface area contributed by atoms with Gasteiger partial charge in [0.1, 0.15) is 0 Å². The van der Waals surface area contributed by atoms with Crippen molar-refractivity contribution < 1.29 is 14.6 Å². The first-order valence-electron chi connectivity index (χ1n) is 3.44. The number of carboxylic acids is 1. The predicted molar refractivity (Wildman–Crippen MR) is 41.0 cm³/mol. The molecule has 0 spiro atoms. The Morgan fingerprint density at radius 2 is 2.45 bits per heavy atom. The van der Waals surface area contributed by atoms with Crippen LogP contribution in [0.2, 0.25) is 0 Å². The highest BCUT2D eigenvalue weighted by Gasteiger charge is 2.12. The fourth-order valence-electron chi connectivity index (χ4n) is 0.726. The van der Waals surface area contributed by atoms with Crippen LogP contribution in [-0.2, 0) is 9.53 Å². The number of carbonyl (C=O) groups is 1. The van der Waals surface area contributed by atoms with Crippen molar-refractivity contribution in [2.24, 2.45) is 5.92 Å². The van der Waals surface area contributed by atoms with Gasteiger partial charge in [0.25, 0.3) is 0 Å². The third kappa shape index (κ3) is 4.50. The maximum absolute atomic E-state index is 10.3. The lowest BCUT2D eigenvalue weighted by molar-refractivity contribution is -0.139. The fraction of sp³-hybridized carbons (Fsp3) is 0.714. The van der Waals surface area contributed by atoms with E-state index in [9.17, 15) is 4.79 Å². The van der Waals surface area contributed by atoms with Crippen LogP contribution in [0.1, 0.15) is 12.8 Å². The molecule has 0 heterocycles. The molecule has 11 heavy (non-hydrogen) atoms. The molecule has 0 bridgehead atoms. The SMILES string of the molecule is COCCCC(C=N)C(=O)O. The van der Waals surface area contributed by atoms with Crippen LogP contribution in [0.5, 0.6) is 0 Å². The summed E-state index contributed by atoms with van der Waals surface area (Å²) >= 11 is 0. The molecule has 0 aliphatic rings. The number of hydrogen-bond acceptors (Lipinski definition) is 3. The Bertz CT molecular complexity index is 136. The summed E-state index contributed by atoms with van der Waals surface area (Å²) in [6.07, 6.45) is 2.12. The van der Waals surface area contributed by atoms with E-state index < -0.39 is 11.9 Å². The molecule has 0 radical (unpaired) electrons. The number of carboxylic acid groups (broad SMARTS) is 1. The molecule has 4 heteroatoms. The highest BCUT2D eigenvalue weighted by atomic mass is 16.5. The Balaban J connectivity index is 3.52. The second-order valence-electron chi connectivity index (χ2n) is 2.25. The highest BCUT2D eigenvalue weighted by Crippen LogP contribution is 2.03. The number of hydrogen-bond donors (Lipinski definition) is 2. The summed E-state index contributed by atoms with van der Waals surface area (Å²) in [7, 11) is 1.57. The molecule has 0 rings (SSSR count). The zero-order valence-corrected chi connectivity index (χ0v) is 6.54. The van der Waals surface area contributed by atoms with Gasteiger partial charge in [0.05, 0.1) is 5.92 Å². The van der Waals surface area contributed by atoms with Crippen molar-refractivity contribution >= 4 is 12.2 Å². The van der Waals surface area contributed by atoms with Gasteiger partial charge in [-0.3, -0.25) is 4.79 Å². The Kier molecular flexibility index (Phi) is 5.37. The molecular formula is C7H13NO3. The highest BCUT2D eigenvalue weighted by molar-refractivity contribution is 5.87. The average Bonchev–Trinajstić information content (AvgIpc) is 1.97. The summed E-state index contributed by atoms with van der Waals surface area (Å²) < 4.78 is 4.75. The molecule has 0 saturated carbocycles. The van der Waals surface area contributed by atoms with Crippen LogP contribution < -0.4 is 0 Å². The zero-order chi connectivity index (χ0) is 8.69. The third-order valence-electron chi connectivity index (χ3n) is 1.38. The van der Waals surface area contributed by atoms with E-state index >= 15 is 0 Å². The van der Waals surface area contributed by atoms with Crippen molar-refractivity contribution in [2.45, 2.75) is 12.8 Å². The fourth-order valence-corrected chi connectivity index (χ4v) is 0.726. The number of rotatable bonds is 6. The largest absolute Gasteiger partial charge is 0.481 e. The van der Waals surface area contributed by atoms with Gasteiger partial charge in [-0.2, -0.15) is 0 Å². The molecule has 0 aromatic rings. The summed E-state index contributed by atoms with van der Waals surface area (Å²) in [6, 6.07) is 0. The van der Waals surface area contributed by atoms with Gasteiger partial charge >= 0.3 is 5.97 Å². The molecular weight excluding hydrogens is 146 g/mol. The zero-order valence-electron chi connectivity index (χ0n) is 6.54. The monoisotopic (exact) mass is 159 g/mol. The standard InChI is InChI=1S/C7H13NO3/c1-11-4-2-3-6(5-8)7(9)10/h5-6,8H,2-4H2,1H3,(H,9,10). The molecule has 0 saturated heterocycles. The third-order valence-corrected chi connectivity index (χ3v) is 1.38. The van der Waals surface area contributed by atoms with Crippen molar-refractivity contribution in [3.63, 3.8) is 0 Å². The smallest absolute Gasteiger partial charge is 0.311 e. The Labute approximate surface area is 65.7 Å². The summed E-state index contributed by atoms with van der Waals surface area (Å²) in [5.41, 5.74) is 0. The molecule has 0 aliphatic heterocycles. The quantitative estimate of drug-likeness (QED) is 0.444. The first kappa shape index (κ1) is 10.1. The van der Waals surface area contributed by atoms with E-state index in [-0.39, 0.29) is 0 Å². The topological polar surface area (TPSA) is 70.4 Å². The summed E-state index contributed by atoms with van der Waals surface area (Å²) in [5, 5.41) is 15.3. The van der Waals surface area contributed by atoms with E-state index in [1.165, 1.54) is 0 Å². The minimum Gasteiger partial charge on any atom is -0.481 e. The van der Waals surface area contributed by atoms with Gasteiger partial charge in [0.2, 0.25) is 0 Å². The molecule has 4 nitrogen and oxygen atoms in total. The minimum absolute atomic E-state index is 0.479. The average molecular weight is 159 g/mol. The van der Waals surface area contributed by atoms with Crippen molar-refractivity contribution in [3.8, 4) is 0 Å². The van der Waals surface area contributed by atoms with Crippen molar-refractivity contribution in [2.75, 3.05) is 13.7 Å². The van der Waals surface area contributed by atoms with Crippen LogP contribution in [0.4, 0.5) is 0 Å². The van der Waals surface area contributed by atoms with Gasteiger partial charge < -0.3 is 15.3 Å². The van der Waals surface area contributed by atoms with E-state index in [1.54, 1.807) is 7.11 Å². The molecule has 2 N–H and O–H groups in total.